The van der Waals surface area contributed by atoms with Crippen LogP contribution >= 0.6 is 22.9 Å². The molecule has 6 nitrogen and oxygen atoms in total. The molecule has 1 amide bonds. The average molecular weight is 405 g/mol. The number of nitrogens with zero attached hydrogens (tertiary/aromatic N) is 2. The van der Waals surface area contributed by atoms with Crippen LogP contribution in [0.1, 0.15) is 5.56 Å². The molecule has 1 aromatic heterocycles. The Morgan fingerprint density at radius 3 is 2.63 bits per heavy atom. The number of rotatable bonds is 5. The fourth-order valence-corrected chi connectivity index (χ4v) is 3.70. The molecule has 0 aliphatic heterocycles. The molecule has 0 N–H and O–H groups in total. The number of esters is 1. The molecule has 140 valence electrons. The van der Waals surface area contributed by atoms with Gasteiger partial charge in [0.1, 0.15) is 12.3 Å². The van der Waals surface area contributed by atoms with E-state index in [0.29, 0.717) is 15.6 Å². The third-order valence-corrected chi connectivity index (χ3v) is 5.04. The first-order chi connectivity index (χ1) is 13.0. The van der Waals surface area contributed by atoms with E-state index >= 15 is 0 Å². The summed E-state index contributed by atoms with van der Waals surface area (Å²) in [5.74, 6) is -0.342. The Kier molecular flexibility index (Phi) is 5.93. The lowest BCUT2D eigenvalue weighted by atomic mass is 10.2. The quantitative estimate of drug-likeness (QED) is 0.611. The summed E-state index contributed by atoms with van der Waals surface area (Å²) in [6.07, 6.45) is 0. The standard InChI is InChI=1S/C19H17ClN2O4S/c1-12-3-8-15-16(9-12)27-19(22(15)10-18(24)25-2)21-17(23)11-26-14-6-4-13(20)5-7-14/h3-9H,10-11H2,1-2H3. The lowest BCUT2D eigenvalue weighted by molar-refractivity contribution is -0.141. The molecule has 0 aliphatic carbocycles. The minimum absolute atomic E-state index is 0.0241. The van der Waals surface area contributed by atoms with Crippen molar-refractivity contribution in [2.24, 2.45) is 4.99 Å². The molecule has 8 heteroatoms. The minimum Gasteiger partial charge on any atom is -0.484 e. The van der Waals surface area contributed by atoms with Crippen LogP contribution in [0.25, 0.3) is 10.2 Å². The van der Waals surface area contributed by atoms with Crippen molar-refractivity contribution in [3.63, 3.8) is 0 Å². The summed E-state index contributed by atoms with van der Waals surface area (Å²) in [6.45, 7) is 1.74. The molecular weight excluding hydrogens is 388 g/mol. The molecule has 3 rings (SSSR count). The Labute approximate surface area is 164 Å². The van der Waals surface area contributed by atoms with Crippen LogP contribution in [0.5, 0.6) is 5.75 Å². The number of fused-ring (bicyclic) bond motifs is 1. The second-order valence-electron chi connectivity index (χ2n) is 5.77. The molecule has 0 bridgehead atoms. The number of methoxy groups -OCH3 is 1. The predicted molar refractivity (Wildman–Crippen MR) is 104 cm³/mol. The van der Waals surface area contributed by atoms with Gasteiger partial charge in [-0.05, 0) is 48.9 Å². The van der Waals surface area contributed by atoms with Crippen LogP contribution in [0.4, 0.5) is 0 Å². The molecule has 2 aromatic carbocycles. The number of thiazole rings is 1. The maximum Gasteiger partial charge on any atom is 0.325 e. The van der Waals surface area contributed by atoms with E-state index in [0.717, 1.165) is 15.8 Å². The molecule has 0 saturated carbocycles. The predicted octanol–water partition coefficient (Wildman–Crippen LogP) is 3.34. The summed E-state index contributed by atoms with van der Waals surface area (Å²) in [5, 5.41) is 0.586. The first-order valence-electron chi connectivity index (χ1n) is 8.09. The maximum atomic E-state index is 12.3. The number of ether oxygens (including phenoxy) is 2. The summed E-state index contributed by atoms with van der Waals surface area (Å²) in [6, 6.07) is 12.5. The van der Waals surface area contributed by atoms with Gasteiger partial charge in [0.15, 0.2) is 11.4 Å². The Bertz CT molecular complexity index is 1050. The van der Waals surface area contributed by atoms with Gasteiger partial charge in [-0.1, -0.05) is 29.0 Å². The first-order valence-corrected chi connectivity index (χ1v) is 9.28. The van der Waals surface area contributed by atoms with Crippen molar-refractivity contribution in [3.05, 3.63) is 57.9 Å². The van der Waals surface area contributed by atoms with Crippen LogP contribution in [-0.2, 0) is 20.9 Å². The zero-order valence-corrected chi connectivity index (χ0v) is 16.3. The van der Waals surface area contributed by atoms with E-state index in [-0.39, 0.29) is 13.2 Å². The smallest absolute Gasteiger partial charge is 0.325 e. The number of halogens is 1. The number of benzene rings is 2. The Balaban J connectivity index is 1.88. The summed E-state index contributed by atoms with van der Waals surface area (Å²) >= 11 is 7.16. The largest absolute Gasteiger partial charge is 0.484 e. The highest BCUT2D eigenvalue weighted by Gasteiger charge is 2.12. The van der Waals surface area contributed by atoms with Gasteiger partial charge in [-0.15, -0.1) is 0 Å². The Hall–Kier alpha value is -2.64. The van der Waals surface area contributed by atoms with Crippen LogP contribution < -0.4 is 9.54 Å². The normalized spacial score (nSPS) is 11.6. The maximum absolute atomic E-state index is 12.3. The number of carbonyl (C=O) groups excluding carboxylic acids is 2. The highest BCUT2D eigenvalue weighted by molar-refractivity contribution is 7.16. The number of amides is 1. The first kappa shape index (κ1) is 19.1. The van der Waals surface area contributed by atoms with Gasteiger partial charge in [0.2, 0.25) is 0 Å². The van der Waals surface area contributed by atoms with Crippen molar-refractivity contribution in [1.29, 1.82) is 0 Å². The van der Waals surface area contributed by atoms with Crippen LogP contribution in [0.15, 0.2) is 47.5 Å². The Morgan fingerprint density at radius 2 is 1.93 bits per heavy atom. The van der Waals surface area contributed by atoms with E-state index in [9.17, 15) is 9.59 Å². The molecule has 0 radical (unpaired) electrons. The van der Waals surface area contributed by atoms with Gasteiger partial charge < -0.3 is 14.0 Å². The van der Waals surface area contributed by atoms with E-state index < -0.39 is 11.9 Å². The summed E-state index contributed by atoms with van der Waals surface area (Å²) in [4.78, 5) is 28.6. The van der Waals surface area contributed by atoms with Crippen molar-refractivity contribution < 1.29 is 19.1 Å². The SMILES string of the molecule is COC(=O)Cn1c(=NC(=O)COc2ccc(Cl)cc2)sc2cc(C)ccc21. The highest BCUT2D eigenvalue weighted by atomic mass is 35.5. The minimum atomic E-state index is -0.452. The lowest BCUT2D eigenvalue weighted by Gasteiger charge is -2.04. The van der Waals surface area contributed by atoms with E-state index in [4.69, 9.17) is 21.1 Å². The van der Waals surface area contributed by atoms with Crippen molar-refractivity contribution in [2.45, 2.75) is 13.5 Å². The summed E-state index contributed by atoms with van der Waals surface area (Å²) in [7, 11) is 1.32. The molecule has 0 unspecified atom stereocenters. The molecule has 0 aliphatic rings. The van der Waals surface area contributed by atoms with Gasteiger partial charge in [0, 0.05) is 5.02 Å². The number of aryl methyl sites for hydroxylation is 1. The monoisotopic (exact) mass is 404 g/mol. The second-order valence-corrected chi connectivity index (χ2v) is 7.21. The van der Waals surface area contributed by atoms with E-state index in [1.165, 1.54) is 18.4 Å². The van der Waals surface area contributed by atoms with Gasteiger partial charge in [-0.2, -0.15) is 4.99 Å². The van der Waals surface area contributed by atoms with Gasteiger partial charge in [-0.25, -0.2) is 0 Å². The number of carbonyl (C=O) groups is 2. The van der Waals surface area contributed by atoms with Crippen molar-refractivity contribution in [3.8, 4) is 5.75 Å². The lowest BCUT2D eigenvalue weighted by Crippen LogP contribution is -2.23. The van der Waals surface area contributed by atoms with Gasteiger partial charge >= 0.3 is 5.97 Å². The number of aromatic nitrogens is 1. The molecule has 3 aromatic rings. The molecule has 0 spiro atoms. The third kappa shape index (κ3) is 4.75. The zero-order valence-electron chi connectivity index (χ0n) is 14.8. The number of hydrogen-bond donors (Lipinski definition) is 0. The summed E-state index contributed by atoms with van der Waals surface area (Å²) < 4.78 is 12.8. The fraction of sp³-hybridized carbons (Fsp3) is 0.211. The molecule has 0 fully saturated rings. The van der Waals surface area contributed by atoms with E-state index in [1.807, 2.05) is 25.1 Å². The van der Waals surface area contributed by atoms with Crippen molar-refractivity contribution in [2.75, 3.05) is 13.7 Å². The second kappa shape index (κ2) is 8.37. The molecular formula is C19H17ClN2O4S. The van der Waals surface area contributed by atoms with E-state index in [1.54, 1.807) is 28.8 Å². The molecule has 1 heterocycles. The van der Waals surface area contributed by atoms with E-state index in [2.05, 4.69) is 4.99 Å². The van der Waals surface area contributed by atoms with Crippen LogP contribution in [-0.4, -0.2) is 30.2 Å². The van der Waals surface area contributed by atoms with Gasteiger partial charge in [-0.3, -0.25) is 9.59 Å². The zero-order chi connectivity index (χ0) is 19.4. The van der Waals surface area contributed by atoms with Crippen molar-refractivity contribution >= 4 is 45.0 Å². The molecule has 27 heavy (non-hydrogen) atoms. The molecule has 0 saturated heterocycles. The highest BCUT2D eigenvalue weighted by Crippen LogP contribution is 2.19. The third-order valence-electron chi connectivity index (χ3n) is 3.75. The Morgan fingerprint density at radius 1 is 1.19 bits per heavy atom. The van der Waals surface area contributed by atoms with Gasteiger partial charge in [0.05, 0.1) is 17.3 Å². The van der Waals surface area contributed by atoms with Crippen LogP contribution in [0, 0.1) is 6.92 Å². The van der Waals surface area contributed by atoms with Crippen LogP contribution in [0.2, 0.25) is 5.02 Å². The molecule has 0 atom stereocenters. The van der Waals surface area contributed by atoms with Crippen molar-refractivity contribution in [1.82, 2.24) is 4.57 Å². The topological polar surface area (TPSA) is 69.9 Å². The average Bonchev–Trinajstić information content (AvgIpc) is 2.97. The number of hydrogen-bond acceptors (Lipinski definition) is 5. The van der Waals surface area contributed by atoms with Crippen LogP contribution in [0.3, 0.4) is 0 Å². The van der Waals surface area contributed by atoms with Gasteiger partial charge in [0.25, 0.3) is 5.91 Å². The summed E-state index contributed by atoms with van der Waals surface area (Å²) in [5.41, 5.74) is 1.90. The fourth-order valence-electron chi connectivity index (χ4n) is 2.43.